The summed E-state index contributed by atoms with van der Waals surface area (Å²) in [5.74, 6) is -0.851. The molecular formula is C16H14Cl2N2O6S. The molecule has 0 aliphatic rings. The third-order valence-corrected chi connectivity index (χ3v) is 5.75. The number of halogens is 2. The fourth-order valence-electron chi connectivity index (χ4n) is 2.25. The highest BCUT2D eigenvalue weighted by Gasteiger charge is 2.34. The van der Waals surface area contributed by atoms with Gasteiger partial charge in [-0.05, 0) is 31.2 Å². The van der Waals surface area contributed by atoms with Crippen molar-refractivity contribution in [2.45, 2.75) is 11.8 Å². The largest absolute Gasteiger partial charge is 0.465 e. The van der Waals surface area contributed by atoms with Gasteiger partial charge in [0.1, 0.15) is 6.54 Å². The van der Waals surface area contributed by atoms with Crippen LogP contribution in [0.1, 0.15) is 6.92 Å². The quantitative estimate of drug-likeness (QED) is 0.375. The van der Waals surface area contributed by atoms with E-state index in [1.54, 1.807) is 6.92 Å². The van der Waals surface area contributed by atoms with Gasteiger partial charge in [0.15, 0.2) is 4.90 Å². The van der Waals surface area contributed by atoms with E-state index in [0.29, 0.717) is 4.31 Å². The van der Waals surface area contributed by atoms with E-state index in [2.05, 4.69) is 0 Å². The molecule has 2 aromatic rings. The molecule has 0 heterocycles. The van der Waals surface area contributed by atoms with E-state index in [4.69, 9.17) is 27.9 Å². The maximum Gasteiger partial charge on any atom is 0.326 e. The van der Waals surface area contributed by atoms with Crippen LogP contribution in [0.4, 0.5) is 11.4 Å². The zero-order valence-electron chi connectivity index (χ0n) is 14.0. The van der Waals surface area contributed by atoms with Gasteiger partial charge in [0, 0.05) is 11.1 Å². The molecule has 0 amide bonds. The van der Waals surface area contributed by atoms with Crippen LogP contribution in [0.15, 0.2) is 47.4 Å². The molecule has 0 aliphatic carbocycles. The van der Waals surface area contributed by atoms with E-state index in [1.165, 1.54) is 30.3 Å². The number of nitrogens with zero attached hydrogens (tertiary/aromatic N) is 2. The van der Waals surface area contributed by atoms with Gasteiger partial charge >= 0.3 is 5.97 Å². The van der Waals surface area contributed by atoms with Crippen molar-refractivity contribution in [3.63, 3.8) is 0 Å². The van der Waals surface area contributed by atoms with Crippen LogP contribution >= 0.6 is 23.2 Å². The van der Waals surface area contributed by atoms with Gasteiger partial charge in [0.05, 0.1) is 22.2 Å². The second kappa shape index (κ2) is 8.55. The standard InChI is InChI=1S/C16H14Cl2N2O6S/c1-2-26-16(21)10-19(14-9-11(17)7-8-12(14)18)27(24,25)15-6-4-3-5-13(15)20(22)23/h3-9H,2,10H2,1H3. The van der Waals surface area contributed by atoms with Crippen molar-refractivity contribution in [3.05, 3.63) is 62.6 Å². The lowest BCUT2D eigenvalue weighted by Gasteiger charge is -2.24. The number of sulfonamides is 1. The first-order chi connectivity index (χ1) is 12.7. The first kappa shape index (κ1) is 20.9. The maximum absolute atomic E-state index is 13.2. The number of esters is 1. The summed E-state index contributed by atoms with van der Waals surface area (Å²) in [6.07, 6.45) is 0. The predicted molar refractivity (Wildman–Crippen MR) is 101 cm³/mol. The van der Waals surface area contributed by atoms with Crippen molar-refractivity contribution in [1.29, 1.82) is 0 Å². The van der Waals surface area contributed by atoms with Gasteiger partial charge in [-0.15, -0.1) is 0 Å². The van der Waals surface area contributed by atoms with Crippen molar-refractivity contribution >= 4 is 50.6 Å². The number of carbonyl (C=O) groups excluding carboxylic acids is 1. The lowest BCUT2D eigenvalue weighted by Crippen LogP contribution is -2.37. The average molecular weight is 433 g/mol. The molecule has 27 heavy (non-hydrogen) atoms. The highest BCUT2D eigenvalue weighted by atomic mass is 35.5. The van der Waals surface area contributed by atoms with E-state index < -0.39 is 38.0 Å². The number of rotatable bonds is 7. The molecular weight excluding hydrogens is 419 g/mol. The Labute approximate surface area is 165 Å². The summed E-state index contributed by atoms with van der Waals surface area (Å²) >= 11 is 12.0. The van der Waals surface area contributed by atoms with Gasteiger partial charge < -0.3 is 4.74 Å². The number of anilines is 1. The maximum atomic E-state index is 13.2. The zero-order chi connectivity index (χ0) is 20.2. The van der Waals surface area contributed by atoms with Crippen LogP contribution in [0.5, 0.6) is 0 Å². The van der Waals surface area contributed by atoms with Crippen LogP contribution in [0.25, 0.3) is 0 Å². The summed E-state index contributed by atoms with van der Waals surface area (Å²) in [6.45, 7) is 0.856. The van der Waals surface area contributed by atoms with Gasteiger partial charge in [-0.3, -0.25) is 19.2 Å². The minimum Gasteiger partial charge on any atom is -0.465 e. The molecule has 0 aliphatic heterocycles. The number of hydrogen-bond acceptors (Lipinski definition) is 6. The number of benzene rings is 2. The zero-order valence-corrected chi connectivity index (χ0v) is 16.3. The fourth-order valence-corrected chi connectivity index (χ4v) is 4.26. The lowest BCUT2D eigenvalue weighted by molar-refractivity contribution is -0.387. The van der Waals surface area contributed by atoms with Crippen LogP contribution in [0.3, 0.4) is 0 Å². The summed E-state index contributed by atoms with van der Waals surface area (Å²) < 4.78 is 31.8. The molecule has 8 nitrogen and oxygen atoms in total. The fraction of sp³-hybridized carbons (Fsp3) is 0.188. The smallest absolute Gasteiger partial charge is 0.326 e. The summed E-state index contributed by atoms with van der Waals surface area (Å²) in [6, 6.07) is 8.83. The Morgan fingerprint density at radius 1 is 1.22 bits per heavy atom. The summed E-state index contributed by atoms with van der Waals surface area (Å²) in [5.41, 5.74) is -0.736. The van der Waals surface area contributed by atoms with Crippen LogP contribution in [0, 0.1) is 10.1 Å². The highest BCUT2D eigenvalue weighted by molar-refractivity contribution is 7.93. The molecule has 0 radical (unpaired) electrons. The Morgan fingerprint density at radius 2 is 1.89 bits per heavy atom. The number of carbonyl (C=O) groups is 1. The molecule has 2 aromatic carbocycles. The van der Waals surface area contributed by atoms with Crippen molar-refractivity contribution in [1.82, 2.24) is 0 Å². The first-order valence-corrected chi connectivity index (χ1v) is 9.75. The van der Waals surface area contributed by atoms with Gasteiger partial charge in [-0.25, -0.2) is 8.42 Å². The molecule has 0 atom stereocenters. The molecule has 144 valence electrons. The van der Waals surface area contributed by atoms with E-state index in [-0.39, 0.29) is 22.3 Å². The third kappa shape index (κ3) is 4.68. The minimum absolute atomic E-state index is 0.00847. The van der Waals surface area contributed by atoms with Crippen LogP contribution < -0.4 is 4.31 Å². The Kier molecular flexibility index (Phi) is 6.63. The van der Waals surface area contributed by atoms with Crippen LogP contribution in [-0.2, 0) is 19.6 Å². The number of para-hydroxylation sites is 1. The molecule has 0 saturated carbocycles. The topological polar surface area (TPSA) is 107 Å². The molecule has 2 rings (SSSR count). The summed E-state index contributed by atoms with van der Waals surface area (Å²) in [7, 11) is -4.53. The van der Waals surface area contributed by atoms with Gasteiger partial charge in [0.2, 0.25) is 0 Å². The van der Waals surface area contributed by atoms with Crippen LogP contribution in [0.2, 0.25) is 10.0 Å². The van der Waals surface area contributed by atoms with Gasteiger partial charge in [-0.1, -0.05) is 35.3 Å². The summed E-state index contributed by atoms with van der Waals surface area (Å²) in [4.78, 5) is 21.8. The number of nitro groups is 1. The molecule has 0 spiro atoms. The van der Waals surface area contributed by atoms with E-state index in [9.17, 15) is 23.3 Å². The molecule has 0 unspecified atom stereocenters. The van der Waals surface area contributed by atoms with Crippen LogP contribution in [-0.4, -0.2) is 32.5 Å². The van der Waals surface area contributed by atoms with E-state index in [0.717, 1.165) is 12.1 Å². The average Bonchev–Trinajstić information content (AvgIpc) is 2.62. The molecule has 0 fully saturated rings. The Bertz CT molecular complexity index is 981. The van der Waals surface area contributed by atoms with Crippen molar-refractivity contribution < 1.29 is 22.9 Å². The number of hydrogen-bond donors (Lipinski definition) is 0. The summed E-state index contributed by atoms with van der Waals surface area (Å²) in [5, 5.41) is 11.4. The molecule has 0 bridgehead atoms. The van der Waals surface area contributed by atoms with Crippen molar-refractivity contribution in [3.8, 4) is 0 Å². The van der Waals surface area contributed by atoms with Crippen molar-refractivity contribution in [2.24, 2.45) is 0 Å². The molecule has 11 heteroatoms. The monoisotopic (exact) mass is 432 g/mol. The van der Waals surface area contributed by atoms with Gasteiger partial charge in [-0.2, -0.15) is 0 Å². The SMILES string of the molecule is CCOC(=O)CN(c1cc(Cl)ccc1Cl)S(=O)(=O)c1ccccc1[N+](=O)[O-]. The molecule has 0 saturated heterocycles. The Morgan fingerprint density at radius 3 is 2.52 bits per heavy atom. The van der Waals surface area contributed by atoms with Gasteiger partial charge in [0.25, 0.3) is 15.7 Å². The Balaban J connectivity index is 2.67. The molecule has 0 N–H and O–H groups in total. The number of ether oxygens (including phenoxy) is 1. The number of nitro benzene ring substituents is 1. The molecule has 0 aromatic heterocycles. The van der Waals surface area contributed by atoms with E-state index >= 15 is 0 Å². The predicted octanol–water partition coefficient (Wildman–Crippen LogP) is 3.66. The highest BCUT2D eigenvalue weighted by Crippen LogP contribution is 2.35. The first-order valence-electron chi connectivity index (χ1n) is 7.55. The Hall–Kier alpha value is -2.36. The minimum atomic E-state index is -4.53. The van der Waals surface area contributed by atoms with Crippen molar-refractivity contribution in [2.75, 3.05) is 17.5 Å². The lowest BCUT2D eigenvalue weighted by atomic mass is 10.3. The second-order valence-electron chi connectivity index (χ2n) is 5.14. The third-order valence-electron chi connectivity index (χ3n) is 3.38. The second-order valence-corrected chi connectivity index (χ2v) is 7.81. The van der Waals surface area contributed by atoms with E-state index in [1.807, 2.05) is 0 Å². The normalized spacial score (nSPS) is 11.1.